The molecule has 0 unspecified atom stereocenters. The molecule has 2 aliphatic rings. The average Bonchev–Trinajstić information content (AvgIpc) is 3.12. The molecule has 3 rings (SSSR count). The lowest BCUT2D eigenvalue weighted by Crippen LogP contribution is -2.19. The van der Waals surface area contributed by atoms with E-state index in [2.05, 4.69) is 21.1 Å². The zero-order valence-electron chi connectivity index (χ0n) is 11.3. The Morgan fingerprint density at radius 3 is 2.78 bits per heavy atom. The van der Waals surface area contributed by atoms with E-state index in [4.69, 9.17) is 0 Å². The molecule has 0 bridgehead atoms. The van der Waals surface area contributed by atoms with Crippen LogP contribution < -0.4 is 5.32 Å². The third-order valence-corrected chi connectivity index (χ3v) is 4.35. The van der Waals surface area contributed by atoms with Gasteiger partial charge in [-0.25, -0.2) is 4.98 Å². The van der Waals surface area contributed by atoms with E-state index < -0.39 is 0 Å². The van der Waals surface area contributed by atoms with E-state index in [1.165, 1.54) is 57.1 Å². The van der Waals surface area contributed by atoms with Gasteiger partial charge in [0, 0.05) is 30.4 Å². The fraction of sp³-hybridized carbons (Fsp3) is 0.800. The van der Waals surface area contributed by atoms with E-state index in [0.29, 0.717) is 0 Å². The molecule has 0 spiro atoms. The van der Waals surface area contributed by atoms with Crippen molar-refractivity contribution >= 4 is 0 Å². The number of nitrogens with one attached hydrogen (secondary N) is 1. The fourth-order valence-corrected chi connectivity index (χ4v) is 3.10. The van der Waals surface area contributed by atoms with Crippen molar-refractivity contribution < 1.29 is 0 Å². The number of hydrogen-bond acceptors (Lipinski definition) is 2. The minimum Gasteiger partial charge on any atom is -0.334 e. The molecule has 1 heterocycles. The molecule has 2 saturated carbocycles. The van der Waals surface area contributed by atoms with Gasteiger partial charge in [-0.3, -0.25) is 0 Å². The van der Waals surface area contributed by atoms with Crippen molar-refractivity contribution in [3.63, 3.8) is 0 Å². The smallest absolute Gasteiger partial charge is 0.0948 e. The Bertz CT molecular complexity index is 362. The van der Waals surface area contributed by atoms with Gasteiger partial charge in [-0.15, -0.1) is 0 Å². The molecular weight excluding hydrogens is 222 g/mol. The second kappa shape index (κ2) is 5.87. The third kappa shape index (κ3) is 3.14. The van der Waals surface area contributed by atoms with Crippen LogP contribution >= 0.6 is 0 Å². The van der Waals surface area contributed by atoms with Crippen molar-refractivity contribution in [2.45, 2.75) is 69.9 Å². The maximum absolute atomic E-state index is 4.37. The summed E-state index contributed by atoms with van der Waals surface area (Å²) in [4.78, 5) is 4.37. The molecule has 3 heteroatoms. The number of aryl methyl sites for hydroxylation is 1. The lowest BCUT2D eigenvalue weighted by Gasteiger charge is -2.22. The molecule has 2 fully saturated rings. The maximum atomic E-state index is 4.37. The molecule has 0 saturated heterocycles. The van der Waals surface area contributed by atoms with E-state index in [1.54, 1.807) is 0 Å². The molecule has 0 atom stereocenters. The predicted octanol–water partition coefficient (Wildman–Crippen LogP) is 3.07. The SMILES string of the molecule is c1ncn(CCCNC2CC2)c1C1CCCCC1. The van der Waals surface area contributed by atoms with Crippen molar-refractivity contribution in [3.05, 3.63) is 18.2 Å². The Hall–Kier alpha value is -0.830. The quantitative estimate of drug-likeness (QED) is 0.783. The van der Waals surface area contributed by atoms with Crippen LogP contribution in [0.5, 0.6) is 0 Å². The Morgan fingerprint density at radius 1 is 1.17 bits per heavy atom. The van der Waals surface area contributed by atoms with Crippen molar-refractivity contribution in [3.8, 4) is 0 Å². The lowest BCUT2D eigenvalue weighted by atomic mass is 9.87. The van der Waals surface area contributed by atoms with Crippen LogP contribution in [-0.4, -0.2) is 22.1 Å². The summed E-state index contributed by atoms with van der Waals surface area (Å²) in [7, 11) is 0. The van der Waals surface area contributed by atoms with E-state index in [1.807, 2.05) is 6.33 Å². The highest BCUT2D eigenvalue weighted by Gasteiger charge is 2.20. The molecule has 0 amide bonds. The Morgan fingerprint density at radius 2 is 2.00 bits per heavy atom. The standard InChI is InChI=1S/C15H25N3/c1-2-5-13(6-3-1)15-11-16-12-18(15)10-4-9-17-14-7-8-14/h11-14,17H,1-10H2. The van der Waals surface area contributed by atoms with E-state index >= 15 is 0 Å². The zero-order chi connectivity index (χ0) is 12.2. The van der Waals surface area contributed by atoms with Gasteiger partial charge in [-0.1, -0.05) is 19.3 Å². The molecule has 1 aromatic heterocycles. The molecular formula is C15H25N3. The maximum Gasteiger partial charge on any atom is 0.0948 e. The van der Waals surface area contributed by atoms with Crippen LogP contribution in [-0.2, 0) is 6.54 Å². The number of nitrogens with zero attached hydrogens (tertiary/aromatic N) is 2. The van der Waals surface area contributed by atoms with Gasteiger partial charge < -0.3 is 9.88 Å². The van der Waals surface area contributed by atoms with Gasteiger partial charge in [0.1, 0.15) is 0 Å². The second-order valence-electron chi connectivity index (χ2n) is 5.93. The summed E-state index contributed by atoms with van der Waals surface area (Å²) in [6, 6.07) is 0.839. The van der Waals surface area contributed by atoms with Crippen LogP contribution in [0.3, 0.4) is 0 Å². The first kappa shape index (κ1) is 12.2. The third-order valence-electron chi connectivity index (χ3n) is 4.35. The Labute approximate surface area is 110 Å². The first-order valence-corrected chi connectivity index (χ1v) is 7.67. The minimum absolute atomic E-state index is 0.776. The molecule has 18 heavy (non-hydrogen) atoms. The van der Waals surface area contributed by atoms with Gasteiger partial charge in [0.05, 0.1) is 6.33 Å². The fourth-order valence-electron chi connectivity index (χ4n) is 3.10. The van der Waals surface area contributed by atoms with E-state index in [-0.39, 0.29) is 0 Å². The summed E-state index contributed by atoms with van der Waals surface area (Å²) in [6.07, 6.45) is 15.1. The summed E-state index contributed by atoms with van der Waals surface area (Å²) in [6.45, 7) is 2.29. The largest absolute Gasteiger partial charge is 0.334 e. The molecule has 1 N–H and O–H groups in total. The first-order valence-electron chi connectivity index (χ1n) is 7.67. The Balaban J connectivity index is 1.49. The van der Waals surface area contributed by atoms with Crippen LogP contribution in [0, 0.1) is 0 Å². The van der Waals surface area contributed by atoms with Crippen LogP contribution in [0.4, 0.5) is 0 Å². The van der Waals surface area contributed by atoms with Gasteiger partial charge in [0.25, 0.3) is 0 Å². The predicted molar refractivity (Wildman–Crippen MR) is 73.7 cm³/mol. The number of hydrogen-bond donors (Lipinski definition) is 1. The van der Waals surface area contributed by atoms with Crippen LogP contribution in [0.15, 0.2) is 12.5 Å². The zero-order valence-corrected chi connectivity index (χ0v) is 11.3. The van der Waals surface area contributed by atoms with Crippen molar-refractivity contribution in [1.82, 2.24) is 14.9 Å². The monoisotopic (exact) mass is 247 g/mol. The molecule has 3 nitrogen and oxygen atoms in total. The molecule has 0 radical (unpaired) electrons. The number of aromatic nitrogens is 2. The molecule has 0 aliphatic heterocycles. The second-order valence-corrected chi connectivity index (χ2v) is 5.93. The van der Waals surface area contributed by atoms with Crippen LogP contribution in [0.1, 0.15) is 63.0 Å². The molecule has 100 valence electrons. The lowest BCUT2D eigenvalue weighted by molar-refractivity contribution is 0.420. The highest BCUT2D eigenvalue weighted by Crippen LogP contribution is 2.32. The summed E-state index contributed by atoms with van der Waals surface area (Å²) in [5.74, 6) is 0.776. The normalized spacial score (nSPS) is 21.3. The van der Waals surface area contributed by atoms with Gasteiger partial charge >= 0.3 is 0 Å². The van der Waals surface area contributed by atoms with Crippen molar-refractivity contribution in [2.75, 3.05) is 6.54 Å². The summed E-state index contributed by atoms with van der Waals surface area (Å²) < 4.78 is 2.39. The van der Waals surface area contributed by atoms with Crippen LogP contribution in [0.25, 0.3) is 0 Å². The number of rotatable bonds is 6. The number of imidazole rings is 1. The van der Waals surface area contributed by atoms with Crippen molar-refractivity contribution in [2.24, 2.45) is 0 Å². The summed E-state index contributed by atoms with van der Waals surface area (Å²) in [5, 5.41) is 3.58. The van der Waals surface area contributed by atoms with Gasteiger partial charge in [-0.05, 0) is 38.6 Å². The van der Waals surface area contributed by atoms with Gasteiger partial charge in [0.2, 0.25) is 0 Å². The average molecular weight is 247 g/mol. The van der Waals surface area contributed by atoms with Crippen LogP contribution in [0.2, 0.25) is 0 Å². The summed E-state index contributed by atoms with van der Waals surface area (Å²) >= 11 is 0. The van der Waals surface area contributed by atoms with E-state index in [0.717, 1.165) is 25.0 Å². The minimum atomic E-state index is 0.776. The molecule has 1 aromatic rings. The molecule has 0 aromatic carbocycles. The molecule has 2 aliphatic carbocycles. The Kier molecular flexibility index (Phi) is 3.99. The highest BCUT2D eigenvalue weighted by molar-refractivity contribution is 5.07. The summed E-state index contributed by atoms with van der Waals surface area (Å²) in [5.41, 5.74) is 1.49. The van der Waals surface area contributed by atoms with Crippen molar-refractivity contribution in [1.29, 1.82) is 0 Å². The highest BCUT2D eigenvalue weighted by atomic mass is 15.1. The first-order chi connectivity index (χ1) is 8.93. The van der Waals surface area contributed by atoms with Gasteiger partial charge in [-0.2, -0.15) is 0 Å². The topological polar surface area (TPSA) is 29.9 Å². The van der Waals surface area contributed by atoms with Gasteiger partial charge in [0.15, 0.2) is 0 Å². The van der Waals surface area contributed by atoms with E-state index in [9.17, 15) is 0 Å².